The first-order chi connectivity index (χ1) is 12.2. The third-order valence-corrected chi connectivity index (χ3v) is 5.27. The van der Waals surface area contributed by atoms with Crippen molar-refractivity contribution in [2.45, 2.75) is 18.2 Å². The first kappa shape index (κ1) is 19.8. The van der Waals surface area contributed by atoms with Gasteiger partial charge in [0.05, 0.1) is 21.1 Å². The summed E-state index contributed by atoms with van der Waals surface area (Å²) < 4.78 is 26.5. The molecule has 138 valence electrons. The quantitative estimate of drug-likeness (QED) is 0.550. The number of rotatable bonds is 7. The summed E-state index contributed by atoms with van der Waals surface area (Å²) in [6.45, 7) is 1.40. The van der Waals surface area contributed by atoms with E-state index in [-0.39, 0.29) is 23.5 Å². The van der Waals surface area contributed by atoms with Crippen LogP contribution < -0.4 is 10.0 Å². The summed E-state index contributed by atoms with van der Waals surface area (Å²) in [4.78, 5) is 22.4. The third-order valence-electron chi connectivity index (χ3n) is 3.54. The maximum Gasteiger partial charge on any atom is 0.274 e. The van der Waals surface area contributed by atoms with E-state index in [1.54, 1.807) is 0 Å². The summed E-state index contributed by atoms with van der Waals surface area (Å²) in [7, 11) is -3.75. The number of nitro benzene ring substituents is 1. The Morgan fingerprint density at radius 2 is 1.85 bits per heavy atom. The van der Waals surface area contributed by atoms with Crippen molar-refractivity contribution in [2.24, 2.45) is 0 Å². The molecule has 1 amide bonds. The van der Waals surface area contributed by atoms with Gasteiger partial charge in [0.1, 0.15) is 0 Å². The molecule has 0 atom stereocenters. The standard InChI is InChI=1S/C16H16ClN3O5S/c1-11-14(3-2-4-15(11)20(22)23)19-16(21)9-10-18-26(24,25)13-7-5-12(17)6-8-13/h2-8,18H,9-10H2,1H3,(H,19,21). The maximum atomic E-state index is 12.1. The predicted molar refractivity (Wildman–Crippen MR) is 97.7 cm³/mol. The predicted octanol–water partition coefficient (Wildman–Crippen LogP) is 2.86. The third kappa shape index (κ3) is 5.01. The van der Waals surface area contributed by atoms with E-state index in [0.29, 0.717) is 16.3 Å². The number of hydrogen-bond acceptors (Lipinski definition) is 5. The monoisotopic (exact) mass is 397 g/mol. The smallest absolute Gasteiger partial charge is 0.274 e. The van der Waals surface area contributed by atoms with Gasteiger partial charge in [0.15, 0.2) is 0 Å². The fraction of sp³-hybridized carbons (Fsp3) is 0.188. The van der Waals surface area contributed by atoms with E-state index in [9.17, 15) is 23.3 Å². The van der Waals surface area contributed by atoms with Crippen LogP contribution in [0.3, 0.4) is 0 Å². The van der Waals surface area contributed by atoms with Crippen molar-refractivity contribution in [1.82, 2.24) is 4.72 Å². The molecule has 2 aromatic rings. The highest BCUT2D eigenvalue weighted by Crippen LogP contribution is 2.25. The summed E-state index contributed by atoms with van der Waals surface area (Å²) in [5, 5.41) is 13.9. The van der Waals surface area contributed by atoms with Crippen molar-refractivity contribution in [3.63, 3.8) is 0 Å². The summed E-state index contributed by atoms with van der Waals surface area (Å²) in [6, 6.07) is 9.96. The lowest BCUT2D eigenvalue weighted by molar-refractivity contribution is -0.385. The van der Waals surface area contributed by atoms with Crippen LogP contribution >= 0.6 is 11.6 Å². The zero-order valence-corrected chi connectivity index (χ0v) is 15.3. The van der Waals surface area contributed by atoms with Crippen LogP contribution in [-0.2, 0) is 14.8 Å². The molecule has 0 radical (unpaired) electrons. The highest BCUT2D eigenvalue weighted by atomic mass is 35.5. The van der Waals surface area contributed by atoms with Gasteiger partial charge < -0.3 is 5.32 Å². The SMILES string of the molecule is Cc1c(NC(=O)CCNS(=O)(=O)c2ccc(Cl)cc2)cccc1[N+](=O)[O-]. The Morgan fingerprint density at radius 3 is 2.46 bits per heavy atom. The second-order valence-electron chi connectivity index (χ2n) is 5.36. The molecule has 8 nitrogen and oxygen atoms in total. The number of anilines is 1. The molecule has 0 aliphatic heterocycles. The Hall–Kier alpha value is -2.49. The zero-order valence-electron chi connectivity index (χ0n) is 13.7. The van der Waals surface area contributed by atoms with Crippen molar-refractivity contribution in [1.29, 1.82) is 0 Å². The number of halogens is 1. The molecule has 0 aromatic heterocycles. The number of carbonyl (C=O) groups excluding carboxylic acids is 1. The van der Waals surface area contributed by atoms with Gasteiger partial charge in [0.2, 0.25) is 15.9 Å². The first-order valence-electron chi connectivity index (χ1n) is 7.50. The summed E-state index contributed by atoms with van der Waals surface area (Å²) in [6.07, 6.45) is -0.130. The van der Waals surface area contributed by atoms with Crippen molar-refractivity contribution in [3.05, 3.63) is 63.2 Å². The van der Waals surface area contributed by atoms with Crippen LogP contribution in [0.2, 0.25) is 5.02 Å². The number of nitro groups is 1. The van der Waals surface area contributed by atoms with Crippen molar-refractivity contribution >= 4 is 38.9 Å². The summed E-state index contributed by atoms with van der Waals surface area (Å²) >= 11 is 5.72. The van der Waals surface area contributed by atoms with Crippen LogP contribution in [0.4, 0.5) is 11.4 Å². The minimum atomic E-state index is -3.75. The molecule has 0 heterocycles. The topological polar surface area (TPSA) is 118 Å². The summed E-state index contributed by atoms with van der Waals surface area (Å²) in [5.74, 6) is -0.465. The van der Waals surface area contributed by atoms with Crippen LogP contribution in [-0.4, -0.2) is 25.8 Å². The van der Waals surface area contributed by atoms with E-state index in [1.165, 1.54) is 49.4 Å². The Labute approximate surface area is 155 Å². The van der Waals surface area contributed by atoms with Crippen molar-refractivity contribution in [3.8, 4) is 0 Å². The van der Waals surface area contributed by atoms with E-state index in [0.717, 1.165) is 0 Å². The van der Waals surface area contributed by atoms with Gasteiger partial charge in [-0.3, -0.25) is 14.9 Å². The van der Waals surface area contributed by atoms with E-state index < -0.39 is 20.9 Å². The van der Waals surface area contributed by atoms with Gasteiger partial charge in [0, 0.05) is 24.1 Å². The first-order valence-corrected chi connectivity index (χ1v) is 9.36. The second kappa shape index (κ2) is 8.26. The van der Waals surface area contributed by atoms with Crippen LogP contribution in [0.1, 0.15) is 12.0 Å². The largest absolute Gasteiger partial charge is 0.326 e. The molecule has 0 saturated heterocycles. The Kier molecular flexibility index (Phi) is 6.30. The van der Waals surface area contributed by atoms with Crippen LogP contribution in [0, 0.1) is 17.0 Å². The van der Waals surface area contributed by atoms with E-state index in [1.807, 2.05) is 0 Å². The highest BCUT2D eigenvalue weighted by Gasteiger charge is 2.16. The van der Waals surface area contributed by atoms with E-state index in [4.69, 9.17) is 11.6 Å². The normalized spacial score (nSPS) is 11.2. The molecule has 2 aromatic carbocycles. The Bertz CT molecular complexity index is 929. The second-order valence-corrected chi connectivity index (χ2v) is 7.56. The van der Waals surface area contributed by atoms with Gasteiger partial charge in [-0.1, -0.05) is 17.7 Å². The lowest BCUT2D eigenvalue weighted by Crippen LogP contribution is -2.28. The van der Waals surface area contributed by atoms with Crippen molar-refractivity contribution in [2.75, 3.05) is 11.9 Å². The van der Waals surface area contributed by atoms with Crippen LogP contribution in [0.25, 0.3) is 0 Å². The Balaban J connectivity index is 1.94. The number of nitrogens with one attached hydrogen (secondary N) is 2. The maximum absolute atomic E-state index is 12.1. The number of nitrogens with zero attached hydrogens (tertiary/aromatic N) is 1. The van der Waals surface area contributed by atoms with E-state index in [2.05, 4.69) is 10.0 Å². The number of benzene rings is 2. The number of carbonyl (C=O) groups is 1. The molecule has 0 spiro atoms. The molecule has 0 aliphatic rings. The molecule has 26 heavy (non-hydrogen) atoms. The minimum absolute atomic E-state index is 0.0387. The highest BCUT2D eigenvalue weighted by molar-refractivity contribution is 7.89. The minimum Gasteiger partial charge on any atom is -0.326 e. The number of hydrogen-bond donors (Lipinski definition) is 2. The molecule has 0 unspecified atom stereocenters. The van der Waals surface area contributed by atoms with Gasteiger partial charge in [-0.2, -0.15) is 0 Å². The fourth-order valence-electron chi connectivity index (χ4n) is 2.17. The number of amides is 1. The Morgan fingerprint density at radius 1 is 1.19 bits per heavy atom. The van der Waals surface area contributed by atoms with Gasteiger partial charge in [0.25, 0.3) is 5.69 Å². The molecule has 2 N–H and O–H groups in total. The average Bonchev–Trinajstić information content (AvgIpc) is 2.56. The van der Waals surface area contributed by atoms with Crippen molar-refractivity contribution < 1.29 is 18.1 Å². The molecular formula is C16H16ClN3O5S. The lowest BCUT2D eigenvalue weighted by Gasteiger charge is -2.09. The average molecular weight is 398 g/mol. The molecule has 0 saturated carbocycles. The summed E-state index contributed by atoms with van der Waals surface area (Å²) in [5.41, 5.74) is 0.531. The zero-order chi connectivity index (χ0) is 19.3. The van der Waals surface area contributed by atoms with Crippen LogP contribution in [0.5, 0.6) is 0 Å². The lowest BCUT2D eigenvalue weighted by atomic mass is 10.1. The van der Waals surface area contributed by atoms with E-state index >= 15 is 0 Å². The fourth-order valence-corrected chi connectivity index (χ4v) is 3.32. The van der Waals surface area contributed by atoms with Gasteiger partial charge in [-0.15, -0.1) is 0 Å². The molecule has 0 fully saturated rings. The van der Waals surface area contributed by atoms with Gasteiger partial charge in [-0.05, 0) is 37.3 Å². The molecule has 0 aliphatic carbocycles. The number of sulfonamides is 1. The molecule has 0 bridgehead atoms. The molecular weight excluding hydrogens is 382 g/mol. The molecule has 2 rings (SSSR count). The van der Waals surface area contributed by atoms with Gasteiger partial charge >= 0.3 is 0 Å². The van der Waals surface area contributed by atoms with Gasteiger partial charge in [-0.25, -0.2) is 13.1 Å². The van der Waals surface area contributed by atoms with Crippen LogP contribution in [0.15, 0.2) is 47.4 Å². The molecule has 10 heteroatoms.